The number of fused-ring (bicyclic) bond motifs is 1. The number of aliphatic hydroxyl groups excluding tert-OH is 1. The zero-order valence-electron chi connectivity index (χ0n) is 16.3. The summed E-state index contributed by atoms with van der Waals surface area (Å²) in [6.45, 7) is 15.2. The van der Waals surface area contributed by atoms with Crippen LogP contribution in [0, 0.1) is 46.8 Å². The van der Waals surface area contributed by atoms with Crippen LogP contribution in [0.5, 0.6) is 0 Å². The van der Waals surface area contributed by atoms with Crippen LogP contribution in [-0.4, -0.2) is 11.2 Å². The van der Waals surface area contributed by atoms with Crippen LogP contribution in [0.15, 0.2) is 24.3 Å². The molecule has 0 aromatic heterocycles. The van der Waals surface area contributed by atoms with Gasteiger partial charge in [0.15, 0.2) is 0 Å². The van der Waals surface area contributed by atoms with Crippen LogP contribution in [0.25, 0.3) is 0 Å². The molecule has 0 saturated heterocycles. The van der Waals surface area contributed by atoms with Gasteiger partial charge < -0.3 is 5.11 Å². The van der Waals surface area contributed by atoms with E-state index in [-0.39, 0.29) is 23.4 Å². The lowest BCUT2D eigenvalue weighted by Crippen LogP contribution is -2.56. The highest BCUT2D eigenvalue weighted by molar-refractivity contribution is 5.18. The van der Waals surface area contributed by atoms with E-state index in [1.54, 1.807) is 0 Å². The lowest BCUT2D eigenvalue weighted by Gasteiger charge is -2.59. The first kappa shape index (κ1) is 19.3. The minimum absolute atomic E-state index is 0.194. The van der Waals surface area contributed by atoms with E-state index in [0.29, 0.717) is 11.8 Å². The minimum Gasteiger partial charge on any atom is -0.393 e. The van der Waals surface area contributed by atoms with Crippen molar-refractivity contribution in [3.8, 4) is 11.8 Å². The largest absolute Gasteiger partial charge is 0.393 e. The Morgan fingerprint density at radius 1 is 1.29 bits per heavy atom. The van der Waals surface area contributed by atoms with Crippen LogP contribution in [-0.2, 0) is 0 Å². The minimum atomic E-state index is -0.232. The Balaban J connectivity index is 2.46. The third-order valence-corrected chi connectivity index (χ3v) is 6.97. The van der Waals surface area contributed by atoms with Gasteiger partial charge in [0.05, 0.1) is 6.10 Å². The Kier molecular flexibility index (Phi) is 6.38. The zero-order valence-corrected chi connectivity index (χ0v) is 16.3. The third kappa shape index (κ3) is 3.50. The SMILES string of the molecule is C=CC[C@@H]1[C@H](O)C[C@H]2CC[C@H](C)[C@@H](CC=C(C)C)[C@]2(C)[C@@H]1C#CC. The highest BCUT2D eigenvalue weighted by Gasteiger charge is 2.56. The van der Waals surface area contributed by atoms with Crippen LogP contribution < -0.4 is 0 Å². The van der Waals surface area contributed by atoms with Gasteiger partial charge in [0.25, 0.3) is 0 Å². The molecule has 2 fully saturated rings. The molecule has 2 aliphatic rings. The number of hydrogen-bond donors (Lipinski definition) is 1. The number of rotatable bonds is 4. The number of allylic oxidation sites excluding steroid dienone is 3. The second-order valence-electron chi connectivity index (χ2n) is 8.60. The van der Waals surface area contributed by atoms with Gasteiger partial charge in [0.1, 0.15) is 0 Å². The van der Waals surface area contributed by atoms with Crippen LogP contribution in [0.1, 0.15) is 66.7 Å². The van der Waals surface area contributed by atoms with Gasteiger partial charge >= 0.3 is 0 Å². The summed E-state index contributed by atoms with van der Waals surface area (Å²) in [6.07, 6.45) is 9.63. The van der Waals surface area contributed by atoms with Crippen molar-refractivity contribution in [1.82, 2.24) is 0 Å². The highest BCUT2D eigenvalue weighted by Crippen LogP contribution is 2.60. The lowest BCUT2D eigenvalue weighted by molar-refractivity contribution is -0.123. The van der Waals surface area contributed by atoms with Crippen LogP contribution in [0.2, 0.25) is 0 Å². The number of aliphatic hydroxyl groups is 1. The molecule has 1 heteroatoms. The Morgan fingerprint density at radius 2 is 2.00 bits per heavy atom. The van der Waals surface area contributed by atoms with Crippen LogP contribution in [0.4, 0.5) is 0 Å². The van der Waals surface area contributed by atoms with Gasteiger partial charge in [-0.2, -0.15) is 0 Å². The van der Waals surface area contributed by atoms with Crippen molar-refractivity contribution in [1.29, 1.82) is 0 Å². The smallest absolute Gasteiger partial charge is 0.0586 e. The molecule has 134 valence electrons. The van der Waals surface area contributed by atoms with E-state index in [2.05, 4.69) is 52.2 Å². The molecule has 7 atom stereocenters. The predicted molar refractivity (Wildman–Crippen MR) is 103 cm³/mol. The van der Waals surface area contributed by atoms with E-state index in [4.69, 9.17) is 0 Å². The maximum atomic E-state index is 10.8. The summed E-state index contributed by atoms with van der Waals surface area (Å²) in [4.78, 5) is 0. The first-order valence-corrected chi connectivity index (χ1v) is 9.70. The first-order valence-electron chi connectivity index (χ1n) is 9.70. The summed E-state index contributed by atoms with van der Waals surface area (Å²) in [5.74, 6) is 9.21. The molecule has 1 nitrogen and oxygen atoms in total. The fourth-order valence-corrected chi connectivity index (χ4v) is 5.65. The van der Waals surface area contributed by atoms with Crippen molar-refractivity contribution >= 4 is 0 Å². The molecule has 0 radical (unpaired) electrons. The van der Waals surface area contributed by atoms with E-state index in [1.807, 2.05) is 13.0 Å². The standard InChI is InChI=1S/C23H36O/c1-7-9-19-21(10-8-2)23(6)18(15-22(19)24)13-12-17(5)20(23)14-11-16(3)4/h7,11,17-22,24H,1,9,12-15H2,2-6H3/t17-,18+,19-,20+,21+,22+,23+/m0/s1. The van der Waals surface area contributed by atoms with Crippen molar-refractivity contribution in [3.63, 3.8) is 0 Å². The highest BCUT2D eigenvalue weighted by atomic mass is 16.3. The molecule has 0 unspecified atom stereocenters. The third-order valence-electron chi connectivity index (χ3n) is 6.97. The fraction of sp³-hybridized carbons (Fsp3) is 0.739. The molecule has 0 bridgehead atoms. The Morgan fingerprint density at radius 3 is 2.58 bits per heavy atom. The van der Waals surface area contributed by atoms with Crippen molar-refractivity contribution in [2.45, 2.75) is 72.8 Å². The molecule has 1 N–H and O–H groups in total. The normalized spacial score (nSPS) is 41.6. The van der Waals surface area contributed by atoms with Crippen molar-refractivity contribution in [2.24, 2.45) is 35.0 Å². The maximum absolute atomic E-state index is 10.8. The summed E-state index contributed by atoms with van der Waals surface area (Å²) in [7, 11) is 0. The van der Waals surface area contributed by atoms with Gasteiger partial charge in [-0.25, -0.2) is 0 Å². The van der Waals surface area contributed by atoms with E-state index in [9.17, 15) is 5.11 Å². The summed E-state index contributed by atoms with van der Waals surface area (Å²) in [5.41, 5.74) is 1.60. The summed E-state index contributed by atoms with van der Waals surface area (Å²) < 4.78 is 0. The summed E-state index contributed by atoms with van der Waals surface area (Å²) in [5, 5.41) is 10.8. The predicted octanol–water partition coefficient (Wildman–Crippen LogP) is 5.61. The molecule has 0 spiro atoms. The second kappa shape index (κ2) is 7.92. The molecular formula is C23H36O. The van der Waals surface area contributed by atoms with Gasteiger partial charge in [0, 0.05) is 11.8 Å². The van der Waals surface area contributed by atoms with Gasteiger partial charge in [-0.1, -0.05) is 43.9 Å². The Labute approximate surface area is 149 Å². The first-order chi connectivity index (χ1) is 11.4. The number of hydrogen-bond acceptors (Lipinski definition) is 1. The molecular weight excluding hydrogens is 292 g/mol. The van der Waals surface area contributed by atoms with Gasteiger partial charge in [-0.3, -0.25) is 0 Å². The Bertz CT molecular complexity index is 530. The molecule has 0 amide bonds. The van der Waals surface area contributed by atoms with Gasteiger partial charge in [-0.15, -0.1) is 12.5 Å². The van der Waals surface area contributed by atoms with Crippen LogP contribution >= 0.6 is 0 Å². The summed E-state index contributed by atoms with van der Waals surface area (Å²) in [6, 6.07) is 0. The average molecular weight is 329 g/mol. The Hall–Kier alpha value is -1.00. The molecule has 2 rings (SSSR count). The van der Waals surface area contributed by atoms with Gasteiger partial charge in [0.2, 0.25) is 0 Å². The summed E-state index contributed by atoms with van der Waals surface area (Å²) >= 11 is 0. The van der Waals surface area contributed by atoms with Crippen molar-refractivity contribution in [2.75, 3.05) is 0 Å². The molecule has 0 heterocycles. The monoisotopic (exact) mass is 328 g/mol. The average Bonchev–Trinajstić information content (AvgIpc) is 2.52. The van der Waals surface area contributed by atoms with Crippen molar-refractivity contribution in [3.05, 3.63) is 24.3 Å². The van der Waals surface area contributed by atoms with E-state index in [1.165, 1.54) is 18.4 Å². The fourth-order valence-electron chi connectivity index (χ4n) is 5.65. The maximum Gasteiger partial charge on any atom is 0.0586 e. The lowest BCUT2D eigenvalue weighted by atomic mass is 9.45. The molecule has 2 aliphatic carbocycles. The molecule has 0 aromatic rings. The quantitative estimate of drug-likeness (QED) is 0.525. The topological polar surface area (TPSA) is 20.2 Å². The molecule has 24 heavy (non-hydrogen) atoms. The van der Waals surface area contributed by atoms with E-state index < -0.39 is 0 Å². The second-order valence-corrected chi connectivity index (χ2v) is 8.60. The van der Waals surface area contributed by atoms with E-state index in [0.717, 1.165) is 25.2 Å². The molecule has 0 aromatic carbocycles. The molecule has 0 aliphatic heterocycles. The van der Waals surface area contributed by atoms with Crippen molar-refractivity contribution < 1.29 is 5.11 Å². The molecule has 2 saturated carbocycles. The zero-order chi connectivity index (χ0) is 17.9. The van der Waals surface area contributed by atoms with Gasteiger partial charge in [-0.05, 0) is 69.6 Å². The van der Waals surface area contributed by atoms with Crippen LogP contribution in [0.3, 0.4) is 0 Å². The van der Waals surface area contributed by atoms with E-state index >= 15 is 0 Å².